The second-order valence-corrected chi connectivity index (χ2v) is 6.56. The summed E-state index contributed by atoms with van der Waals surface area (Å²) < 4.78 is 5.88. The Kier molecular flexibility index (Phi) is 2.29. The Hall–Kier alpha value is -0.210. The van der Waals surface area contributed by atoms with Gasteiger partial charge in [0.2, 0.25) is 0 Å². The van der Waals surface area contributed by atoms with E-state index < -0.39 is 0 Å². The Bertz CT molecular complexity index is 400. The highest BCUT2D eigenvalue weighted by atomic mass is 32.1. The van der Waals surface area contributed by atoms with E-state index in [1.165, 1.54) is 25.7 Å². The van der Waals surface area contributed by atoms with Gasteiger partial charge in [0.25, 0.3) is 0 Å². The van der Waals surface area contributed by atoms with Gasteiger partial charge in [0.1, 0.15) is 0 Å². The molecule has 2 fully saturated rings. The number of hydrogen-bond acceptors (Lipinski definition) is 2. The monoisotopic (exact) mass is 248 g/mol. The largest absolute Gasteiger partial charge is 0.373 e. The van der Waals surface area contributed by atoms with E-state index in [0.29, 0.717) is 11.5 Å². The highest BCUT2D eigenvalue weighted by Gasteiger charge is 2.59. The maximum Gasteiger partial charge on any atom is 0.0875 e. The third kappa shape index (κ3) is 1.43. The lowest BCUT2D eigenvalue weighted by Crippen LogP contribution is -2.37. The Labute approximate surface area is 109 Å². The molecule has 1 saturated heterocycles. The molecule has 5 atom stereocenters. The third-order valence-electron chi connectivity index (χ3n) is 5.45. The molecule has 1 heterocycles. The number of ether oxygens (including phenoxy) is 1. The fourth-order valence-corrected chi connectivity index (χ4v) is 4.74. The van der Waals surface area contributed by atoms with Crippen molar-refractivity contribution < 1.29 is 4.74 Å². The summed E-state index contributed by atoms with van der Waals surface area (Å²) in [5.41, 5.74) is 2.14. The molecule has 4 aliphatic rings. The molecule has 2 heteroatoms. The highest BCUT2D eigenvalue weighted by molar-refractivity contribution is 7.80. The lowest BCUT2D eigenvalue weighted by Gasteiger charge is -2.42. The quantitative estimate of drug-likeness (QED) is 0.554. The van der Waals surface area contributed by atoms with Crippen molar-refractivity contribution in [2.24, 2.45) is 23.2 Å². The van der Waals surface area contributed by atoms with Crippen LogP contribution in [0.4, 0.5) is 0 Å². The Morgan fingerprint density at radius 2 is 2.41 bits per heavy atom. The van der Waals surface area contributed by atoms with Gasteiger partial charge in [0.15, 0.2) is 0 Å². The molecule has 1 saturated carbocycles. The van der Waals surface area contributed by atoms with Crippen LogP contribution in [0.5, 0.6) is 0 Å². The standard InChI is InChI=1S/C15H20OS/c17-9-14-13-8-15-7-12(15)3-1-2-11(15)6-10(13)4-5-16-14/h1,3,8,10-12,14,17H,2,4-7,9H2. The van der Waals surface area contributed by atoms with Gasteiger partial charge in [-0.3, -0.25) is 0 Å². The summed E-state index contributed by atoms with van der Waals surface area (Å²) in [6, 6.07) is 0. The molecule has 3 aliphatic carbocycles. The number of hydrogen-bond donors (Lipinski definition) is 1. The van der Waals surface area contributed by atoms with Gasteiger partial charge in [-0.15, -0.1) is 0 Å². The van der Waals surface area contributed by atoms with Crippen LogP contribution in [0.3, 0.4) is 0 Å². The minimum absolute atomic E-state index is 0.305. The van der Waals surface area contributed by atoms with Gasteiger partial charge in [0, 0.05) is 12.4 Å². The van der Waals surface area contributed by atoms with E-state index in [4.69, 9.17) is 4.74 Å². The van der Waals surface area contributed by atoms with E-state index in [2.05, 4.69) is 30.9 Å². The van der Waals surface area contributed by atoms with E-state index in [9.17, 15) is 0 Å². The van der Waals surface area contributed by atoms with Crippen molar-refractivity contribution in [2.75, 3.05) is 12.4 Å². The van der Waals surface area contributed by atoms with Crippen molar-refractivity contribution in [3.05, 3.63) is 23.8 Å². The number of fused-ring (bicyclic) bond motifs is 1. The molecule has 17 heavy (non-hydrogen) atoms. The molecular formula is C15H20OS. The van der Waals surface area contributed by atoms with E-state index in [1.807, 2.05) is 0 Å². The van der Waals surface area contributed by atoms with Crippen LogP contribution in [0.1, 0.15) is 25.7 Å². The lowest BCUT2D eigenvalue weighted by atomic mass is 9.66. The Balaban J connectivity index is 1.72. The second kappa shape index (κ2) is 3.64. The zero-order chi connectivity index (χ0) is 11.5. The highest BCUT2D eigenvalue weighted by Crippen LogP contribution is 2.67. The molecule has 1 nitrogen and oxygen atoms in total. The molecule has 0 radical (unpaired) electrons. The molecule has 1 aliphatic heterocycles. The normalized spacial score (nSPS) is 51.0. The van der Waals surface area contributed by atoms with Crippen LogP contribution in [0, 0.1) is 23.2 Å². The fourth-order valence-electron chi connectivity index (χ4n) is 4.42. The van der Waals surface area contributed by atoms with Crippen LogP contribution < -0.4 is 0 Å². The van der Waals surface area contributed by atoms with Crippen LogP contribution in [0.15, 0.2) is 23.8 Å². The van der Waals surface area contributed by atoms with Gasteiger partial charge >= 0.3 is 0 Å². The molecular weight excluding hydrogens is 228 g/mol. The molecule has 5 unspecified atom stereocenters. The minimum atomic E-state index is 0.305. The first-order chi connectivity index (χ1) is 8.33. The summed E-state index contributed by atoms with van der Waals surface area (Å²) in [4.78, 5) is 0. The molecule has 0 aromatic carbocycles. The number of allylic oxidation sites excluding steroid dienone is 3. The first kappa shape index (κ1) is 10.7. The van der Waals surface area contributed by atoms with E-state index >= 15 is 0 Å². The Morgan fingerprint density at radius 3 is 3.29 bits per heavy atom. The SMILES string of the molecule is SCC1OCCC2CC3CC=CC4CC43C=C21. The minimum Gasteiger partial charge on any atom is -0.373 e. The van der Waals surface area contributed by atoms with Crippen LogP contribution in [-0.2, 0) is 4.74 Å². The van der Waals surface area contributed by atoms with Crippen LogP contribution >= 0.6 is 12.6 Å². The lowest BCUT2D eigenvalue weighted by molar-refractivity contribution is 0.0342. The summed E-state index contributed by atoms with van der Waals surface area (Å²) in [5, 5.41) is 0. The van der Waals surface area contributed by atoms with Crippen molar-refractivity contribution in [3.63, 3.8) is 0 Å². The summed E-state index contributed by atoms with van der Waals surface area (Å²) in [6.07, 6.45) is 13.1. The summed E-state index contributed by atoms with van der Waals surface area (Å²) >= 11 is 4.46. The third-order valence-corrected chi connectivity index (χ3v) is 5.78. The second-order valence-electron chi connectivity index (χ2n) is 6.19. The van der Waals surface area contributed by atoms with Crippen LogP contribution in [0.25, 0.3) is 0 Å². The van der Waals surface area contributed by atoms with Crippen molar-refractivity contribution in [3.8, 4) is 0 Å². The molecule has 0 amide bonds. The average Bonchev–Trinajstić information content (AvgIpc) is 3.07. The summed E-state index contributed by atoms with van der Waals surface area (Å²) in [6.45, 7) is 0.937. The van der Waals surface area contributed by atoms with Gasteiger partial charge in [0.05, 0.1) is 6.10 Å². The first-order valence-electron chi connectivity index (χ1n) is 6.95. The van der Waals surface area contributed by atoms with E-state index in [1.54, 1.807) is 5.57 Å². The van der Waals surface area contributed by atoms with Crippen LogP contribution in [0.2, 0.25) is 0 Å². The maximum atomic E-state index is 5.88. The smallest absolute Gasteiger partial charge is 0.0875 e. The van der Waals surface area contributed by atoms with Crippen molar-refractivity contribution in [2.45, 2.75) is 31.8 Å². The first-order valence-corrected chi connectivity index (χ1v) is 7.58. The molecule has 0 aromatic heterocycles. The maximum absolute atomic E-state index is 5.88. The van der Waals surface area contributed by atoms with Gasteiger partial charge in [-0.05, 0) is 54.4 Å². The summed E-state index contributed by atoms with van der Waals surface area (Å²) in [7, 11) is 0. The molecule has 0 aromatic rings. The predicted molar refractivity (Wildman–Crippen MR) is 72.2 cm³/mol. The topological polar surface area (TPSA) is 9.23 Å². The zero-order valence-electron chi connectivity index (χ0n) is 10.1. The fraction of sp³-hybridized carbons (Fsp3) is 0.733. The van der Waals surface area contributed by atoms with Crippen molar-refractivity contribution in [1.29, 1.82) is 0 Å². The number of thiol groups is 1. The van der Waals surface area contributed by atoms with Crippen molar-refractivity contribution >= 4 is 12.6 Å². The molecule has 92 valence electrons. The number of rotatable bonds is 1. The zero-order valence-corrected chi connectivity index (χ0v) is 11.0. The van der Waals surface area contributed by atoms with Crippen LogP contribution in [-0.4, -0.2) is 18.5 Å². The van der Waals surface area contributed by atoms with Crippen molar-refractivity contribution in [1.82, 2.24) is 0 Å². The van der Waals surface area contributed by atoms with Gasteiger partial charge < -0.3 is 4.74 Å². The van der Waals surface area contributed by atoms with Gasteiger partial charge in [-0.2, -0.15) is 12.6 Å². The van der Waals surface area contributed by atoms with E-state index in [-0.39, 0.29) is 0 Å². The Morgan fingerprint density at radius 1 is 1.47 bits per heavy atom. The molecule has 4 rings (SSSR count). The predicted octanol–water partition coefficient (Wildman–Crippen LogP) is 3.23. The average molecular weight is 248 g/mol. The molecule has 0 bridgehead atoms. The molecule has 0 N–H and O–H groups in total. The van der Waals surface area contributed by atoms with Gasteiger partial charge in [-0.1, -0.05) is 18.2 Å². The van der Waals surface area contributed by atoms with Gasteiger partial charge in [-0.25, -0.2) is 0 Å². The summed E-state index contributed by atoms with van der Waals surface area (Å²) in [5.74, 6) is 3.41. The van der Waals surface area contributed by atoms with E-state index in [0.717, 1.165) is 30.1 Å². The molecule has 1 spiro atoms.